The average molecular weight is 536 g/mol. The van der Waals surface area contributed by atoms with E-state index in [2.05, 4.69) is 21.3 Å². The van der Waals surface area contributed by atoms with Gasteiger partial charge >= 0.3 is 17.8 Å². The molecule has 0 saturated carbocycles. The first-order chi connectivity index (χ1) is 18.2. The highest BCUT2D eigenvalue weighted by Gasteiger charge is 2.46. The second kappa shape index (κ2) is 11.3. The second-order valence-corrected chi connectivity index (χ2v) is 9.27. The highest BCUT2D eigenvalue weighted by atomic mass is 35.5. The zero-order valence-electron chi connectivity index (χ0n) is 20.2. The first kappa shape index (κ1) is 26.6. The quantitative estimate of drug-likeness (QED) is 0.240. The maximum Gasteiger partial charge on any atom is 0.350 e. The Balaban J connectivity index is 1.54. The summed E-state index contributed by atoms with van der Waals surface area (Å²) in [5.74, 6) is -4.19. The third kappa shape index (κ3) is 5.93. The van der Waals surface area contributed by atoms with Crippen molar-refractivity contribution in [2.24, 2.45) is 5.73 Å². The van der Waals surface area contributed by atoms with Crippen LogP contribution in [0, 0.1) is 0 Å². The largest absolute Gasteiger partial charge is 0.478 e. The number of aliphatic carboxylic acids is 1. The van der Waals surface area contributed by atoms with Crippen molar-refractivity contribution in [2.75, 3.05) is 10.6 Å². The number of nitrogens with two attached hydrogens (primary N) is 1. The number of rotatable bonds is 8. The summed E-state index contributed by atoms with van der Waals surface area (Å²) in [7, 11) is 0. The minimum Gasteiger partial charge on any atom is -0.478 e. The highest BCUT2D eigenvalue weighted by Crippen LogP contribution is 2.31. The lowest BCUT2D eigenvalue weighted by Gasteiger charge is -2.29. The lowest BCUT2D eigenvalue weighted by molar-refractivity contribution is -0.146. The van der Waals surface area contributed by atoms with Gasteiger partial charge in [-0.1, -0.05) is 66.2 Å². The Morgan fingerprint density at radius 2 is 1.71 bits per heavy atom. The molecule has 3 aromatic rings. The van der Waals surface area contributed by atoms with Crippen LogP contribution >= 0.6 is 11.6 Å². The van der Waals surface area contributed by atoms with Gasteiger partial charge in [0.25, 0.3) is 0 Å². The molecule has 0 saturated heterocycles. The van der Waals surface area contributed by atoms with E-state index in [9.17, 15) is 24.3 Å². The van der Waals surface area contributed by atoms with E-state index in [1.54, 1.807) is 66.7 Å². The molecule has 0 spiro atoms. The lowest BCUT2D eigenvalue weighted by Crippen LogP contribution is -2.63. The number of hydrogen-bond donors (Lipinski definition) is 6. The van der Waals surface area contributed by atoms with Gasteiger partial charge in [-0.2, -0.15) is 0 Å². The molecule has 7 N–H and O–H groups in total. The van der Waals surface area contributed by atoms with E-state index in [4.69, 9.17) is 17.3 Å². The Kier molecular flexibility index (Phi) is 7.94. The summed E-state index contributed by atoms with van der Waals surface area (Å²) >= 11 is 6.01. The van der Waals surface area contributed by atoms with Crippen LogP contribution in [0.25, 0.3) is 0 Å². The molecule has 0 radical (unpaired) electrons. The summed E-state index contributed by atoms with van der Waals surface area (Å²) < 4.78 is 0. The molecule has 4 rings (SSSR count). The standard InChI is InChI=1S/C27H26ClN5O5/c28-19-11-10-18(15-29)21(13-19)30-24(35)25(36)31-22(12-16-6-2-1-3-7-16)23(34)33-27(26(37)38)14-17-8-4-5-9-20(17)32-27/h1-11,13,22,32H,12,14-15,29H2,(H,30,35)(H,31,36)(H,33,34)(H,37,38). The number of carbonyl (C=O) groups excluding carboxylic acids is 3. The van der Waals surface area contributed by atoms with Crippen molar-refractivity contribution < 1.29 is 24.3 Å². The van der Waals surface area contributed by atoms with Crippen molar-refractivity contribution in [1.82, 2.24) is 10.6 Å². The molecule has 11 heteroatoms. The fourth-order valence-corrected chi connectivity index (χ4v) is 4.39. The number of carbonyl (C=O) groups is 4. The van der Waals surface area contributed by atoms with Gasteiger partial charge in [0.15, 0.2) is 0 Å². The van der Waals surface area contributed by atoms with E-state index in [0.717, 1.165) is 5.56 Å². The summed E-state index contributed by atoms with van der Waals surface area (Å²) in [5, 5.41) is 20.7. The van der Waals surface area contributed by atoms with Gasteiger partial charge in [0.1, 0.15) is 6.04 Å². The molecule has 0 bridgehead atoms. The Morgan fingerprint density at radius 1 is 1.00 bits per heavy atom. The minimum absolute atomic E-state index is 0.00658. The molecular formula is C27H26ClN5O5. The first-order valence-electron chi connectivity index (χ1n) is 11.8. The predicted molar refractivity (Wildman–Crippen MR) is 142 cm³/mol. The Bertz CT molecular complexity index is 1360. The number of benzene rings is 3. The van der Waals surface area contributed by atoms with Crippen molar-refractivity contribution in [1.29, 1.82) is 0 Å². The SMILES string of the molecule is NCc1ccc(Cl)cc1NC(=O)C(=O)NC(Cc1ccccc1)C(=O)NC1(C(=O)O)Cc2ccccc2N1. The number of nitrogens with one attached hydrogen (secondary N) is 4. The summed E-state index contributed by atoms with van der Waals surface area (Å²) in [6.07, 6.45) is 0.00687. The Morgan fingerprint density at radius 3 is 2.39 bits per heavy atom. The van der Waals surface area contributed by atoms with E-state index in [0.29, 0.717) is 21.8 Å². The average Bonchev–Trinajstić information content (AvgIpc) is 3.28. The molecule has 1 aliphatic heterocycles. The lowest BCUT2D eigenvalue weighted by atomic mass is 10.0. The summed E-state index contributed by atoms with van der Waals surface area (Å²) in [4.78, 5) is 51.3. The number of fused-ring (bicyclic) bond motifs is 1. The number of anilines is 2. The van der Waals surface area contributed by atoms with Gasteiger partial charge in [-0.15, -0.1) is 0 Å². The van der Waals surface area contributed by atoms with Crippen molar-refractivity contribution in [3.63, 3.8) is 0 Å². The van der Waals surface area contributed by atoms with E-state index >= 15 is 0 Å². The number of halogens is 1. The maximum atomic E-state index is 13.4. The molecule has 3 amide bonds. The van der Waals surface area contributed by atoms with E-state index in [1.807, 2.05) is 0 Å². The van der Waals surface area contributed by atoms with Gasteiger partial charge in [-0.3, -0.25) is 14.4 Å². The number of hydrogen-bond acceptors (Lipinski definition) is 6. The zero-order chi connectivity index (χ0) is 27.3. The number of amides is 3. The van der Waals surface area contributed by atoms with Crippen LogP contribution in [0.4, 0.5) is 11.4 Å². The van der Waals surface area contributed by atoms with Crippen LogP contribution in [-0.4, -0.2) is 40.5 Å². The highest BCUT2D eigenvalue weighted by molar-refractivity contribution is 6.40. The third-order valence-electron chi connectivity index (χ3n) is 6.17. The van der Waals surface area contributed by atoms with E-state index in [-0.39, 0.29) is 25.1 Å². The number of carboxylic acid groups (broad SMARTS) is 1. The summed E-state index contributed by atoms with van der Waals surface area (Å²) in [6, 6.07) is 19.3. The number of carboxylic acids is 1. The number of para-hydroxylation sites is 1. The fourth-order valence-electron chi connectivity index (χ4n) is 4.22. The topological polar surface area (TPSA) is 163 Å². The van der Waals surface area contributed by atoms with Crippen LogP contribution < -0.4 is 27.0 Å². The first-order valence-corrected chi connectivity index (χ1v) is 12.1. The molecule has 196 valence electrons. The molecule has 2 unspecified atom stereocenters. The Hall–Kier alpha value is -4.41. The predicted octanol–water partition coefficient (Wildman–Crippen LogP) is 2.03. The molecule has 1 aliphatic rings. The van der Waals surface area contributed by atoms with Crippen LogP contribution in [-0.2, 0) is 38.6 Å². The summed E-state index contributed by atoms with van der Waals surface area (Å²) in [5.41, 5.74) is 6.70. The molecule has 2 atom stereocenters. The molecular weight excluding hydrogens is 510 g/mol. The van der Waals surface area contributed by atoms with Crippen molar-refractivity contribution >= 4 is 46.7 Å². The van der Waals surface area contributed by atoms with Gasteiger partial charge in [-0.05, 0) is 34.9 Å². The van der Waals surface area contributed by atoms with Crippen molar-refractivity contribution in [3.8, 4) is 0 Å². The van der Waals surface area contributed by atoms with Gasteiger partial charge < -0.3 is 32.1 Å². The van der Waals surface area contributed by atoms with Crippen LogP contribution in [0.3, 0.4) is 0 Å². The maximum absolute atomic E-state index is 13.4. The van der Waals surface area contributed by atoms with Crippen LogP contribution in [0.1, 0.15) is 16.7 Å². The molecule has 10 nitrogen and oxygen atoms in total. The van der Waals surface area contributed by atoms with E-state index < -0.39 is 35.4 Å². The van der Waals surface area contributed by atoms with Crippen LogP contribution in [0.2, 0.25) is 5.02 Å². The summed E-state index contributed by atoms with van der Waals surface area (Å²) in [6.45, 7) is 0.0973. The molecule has 0 aromatic heterocycles. The monoisotopic (exact) mass is 535 g/mol. The normalized spacial score (nSPS) is 16.5. The molecule has 0 aliphatic carbocycles. The zero-order valence-corrected chi connectivity index (χ0v) is 20.9. The van der Waals surface area contributed by atoms with Crippen LogP contribution in [0.5, 0.6) is 0 Å². The van der Waals surface area contributed by atoms with Gasteiger partial charge in [0.2, 0.25) is 11.6 Å². The fraction of sp³-hybridized carbons (Fsp3) is 0.185. The molecule has 0 fully saturated rings. The van der Waals surface area contributed by atoms with Crippen molar-refractivity contribution in [3.05, 3.63) is 94.5 Å². The van der Waals surface area contributed by atoms with Crippen molar-refractivity contribution in [2.45, 2.75) is 31.1 Å². The molecule has 3 aromatic carbocycles. The van der Waals surface area contributed by atoms with Crippen LogP contribution in [0.15, 0.2) is 72.8 Å². The van der Waals surface area contributed by atoms with Gasteiger partial charge in [0, 0.05) is 35.8 Å². The minimum atomic E-state index is -1.82. The molecule has 1 heterocycles. The third-order valence-corrected chi connectivity index (χ3v) is 6.41. The second-order valence-electron chi connectivity index (χ2n) is 8.83. The molecule has 38 heavy (non-hydrogen) atoms. The van der Waals surface area contributed by atoms with E-state index in [1.165, 1.54) is 6.07 Å². The Labute approximate surface area is 223 Å². The van der Waals surface area contributed by atoms with Gasteiger partial charge in [0.05, 0.1) is 0 Å². The smallest absolute Gasteiger partial charge is 0.350 e. The van der Waals surface area contributed by atoms with Gasteiger partial charge in [-0.25, -0.2) is 4.79 Å².